The number of carbonyl (C=O) groups is 3. The molecule has 3 aliphatic heterocycles. The molecular formula is C23H20N2O3. The van der Waals surface area contributed by atoms with Gasteiger partial charge in [0, 0.05) is 18.8 Å². The lowest BCUT2D eigenvalue weighted by molar-refractivity contribution is -0.139. The van der Waals surface area contributed by atoms with Crippen LogP contribution in [-0.4, -0.2) is 40.5 Å². The number of imide groups is 1. The fourth-order valence-electron chi connectivity index (χ4n) is 4.89. The third-order valence-electron chi connectivity index (χ3n) is 6.29. The number of rotatable bonds is 2. The van der Waals surface area contributed by atoms with Crippen LogP contribution in [0.25, 0.3) is 6.08 Å². The second kappa shape index (κ2) is 5.89. The molecule has 5 nitrogen and oxygen atoms in total. The molecule has 3 heterocycles. The Bertz CT molecular complexity index is 1040. The van der Waals surface area contributed by atoms with Gasteiger partial charge in [0.1, 0.15) is 6.04 Å². The minimum Gasteiger partial charge on any atom is -0.358 e. The molecule has 2 aromatic rings. The van der Waals surface area contributed by atoms with E-state index in [0.717, 1.165) is 16.7 Å². The van der Waals surface area contributed by atoms with Crippen LogP contribution in [0.4, 0.5) is 0 Å². The van der Waals surface area contributed by atoms with Crippen LogP contribution in [0.5, 0.6) is 0 Å². The number of Topliss-reactive ketones (excluding diaryl/α,β-unsaturated/α-hetero) is 1. The van der Waals surface area contributed by atoms with Gasteiger partial charge in [-0.2, -0.15) is 0 Å². The van der Waals surface area contributed by atoms with Gasteiger partial charge in [-0.15, -0.1) is 0 Å². The number of hydrogen-bond acceptors (Lipinski definition) is 4. The molecule has 2 amide bonds. The first-order chi connectivity index (χ1) is 13.5. The van der Waals surface area contributed by atoms with E-state index < -0.39 is 17.9 Å². The Morgan fingerprint density at radius 1 is 0.929 bits per heavy atom. The van der Waals surface area contributed by atoms with Gasteiger partial charge in [-0.25, -0.2) is 0 Å². The first-order valence-electron chi connectivity index (χ1n) is 9.46. The van der Waals surface area contributed by atoms with Crippen LogP contribution in [0.3, 0.4) is 0 Å². The van der Waals surface area contributed by atoms with Crippen LogP contribution in [-0.2, 0) is 9.59 Å². The van der Waals surface area contributed by atoms with Gasteiger partial charge >= 0.3 is 0 Å². The van der Waals surface area contributed by atoms with Crippen molar-refractivity contribution in [2.24, 2.45) is 11.8 Å². The zero-order valence-electron chi connectivity index (χ0n) is 15.7. The molecule has 4 unspecified atom stereocenters. The number of carbonyl (C=O) groups excluding carboxylic acids is 3. The Morgan fingerprint density at radius 3 is 2.36 bits per heavy atom. The predicted molar refractivity (Wildman–Crippen MR) is 104 cm³/mol. The zero-order valence-corrected chi connectivity index (χ0v) is 15.7. The minimum absolute atomic E-state index is 0.113. The van der Waals surface area contributed by atoms with Crippen LogP contribution in [0.2, 0.25) is 0 Å². The van der Waals surface area contributed by atoms with Gasteiger partial charge in [0.05, 0.1) is 17.9 Å². The Labute approximate surface area is 163 Å². The van der Waals surface area contributed by atoms with Crippen LogP contribution < -0.4 is 0 Å². The molecule has 0 radical (unpaired) electrons. The highest BCUT2D eigenvalue weighted by Crippen LogP contribution is 2.52. The van der Waals surface area contributed by atoms with Gasteiger partial charge in [-0.1, -0.05) is 54.1 Å². The maximum absolute atomic E-state index is 13.5. The summed E-state index contributed by atoms with van der Waals surface area (Å²) in [6, 6.07) is 14.3. The van der Waals surface area contributed by atoms with Crippen LogP contribution in [0.1, 0.15) is 33.1 Å². The van der Waals surface area contributed by atoms with Crippen molar-refractivity contribution in [2.75, 3.05) is 7.05 Å². The highest BCUT2D eigenvalue weighted by atomic mass is 16.2. The average Bonchev–Trinajstić information content (AvgIpc) is 3.17. The molecule has 4 atom stereocenters. The van der Waals surface area contributed by atoms with E-state index in [0.29, 0.717) is 5.56 Å². The van der Waals surface area contributed by atoms with Crippen molar-refractivity contribution in [3.63, 3.8) is 0 Å². The summed E-state index contributed by atoms with van der Waals surface area (Å²) in [5.41, 5.74) is 3.66. The molecule has 5 heteroatoms. The van der Waals surface area contributed by atoms with E-state index in [1.807, 2.05) is 60.5 Å². The standard InChI is InChI=1S/C23H20N2O3/c1-13-7-9-15(10-8-13)21(26)20-18-17(22(27)24(2)23(18)28)19-16-6-4-3-5-14(16)11-12-25(19)20/h3-12,17-20H,1-2H3. The molecule has 28 heavy (non-hydrogen) atoms. The molecule has 5 rings (SSSR count). The third-order valence-corrected chi connectivity index (χ3v) is 6.29. The third kappa shape index (κ3) is 2.16. The van der Waals surface area contributed by atoms with Gasteiger partial charge in [0.15, 0.2) is 5.78 Å². The maximum Gasteiger partial charge on any atom is 0.235 e. The number of aryl methyl sites for hydroxylation is 1. The van der Waals surface area contributed by atoms with E-state index in [2.05, 4.69) is 0 Å². The van der Waals surface area contributed by atoms with Crippen molar-refractivity contribution >= 4 is 23.7 Å². The van der Waals surface area contributed by atoms with Gasteiger partial charge < -0.3 is 4.90 Å². The van der Waals surface area contributed by atoms with Crippen LogP contribution in [0.15, 0.2) is 54.7 Å². The van der Waals surface area contributed by atoms with Crippen molar-refractivity contribution in [1.82, 2.24) is 9.80 Å². The quantitative estimate of drug-likeness (QED) is 0.601. The van der Waals surface area contributed by atoms with Crippen molar-refractivity contribution in [3.05, 3.63) is 77.0 Å². The number of benzene rings is 2. The molecule has 2 aromatic carbocycles. The highest BCUT2D eigenvalue weighted by Gasteiger charge is 2.63. The smallest absolute Gasteiger partial charge is 0.235 e. The maximum atomic E-state index is 13.5. The number of amides is 2. The Kier molecular flexibility index (Phi) is 3.56. The van der Waals surface area contributed by atoms with Crippen LogP contribution >= 0.6 is 0 Å². The number of fused-ring (bicyclic) bond motifs is 5. The molecule has 140 valence electrons. The minimum atomic E-state index is -0.677. The molecule has 3 aliphatic rings. The van der Waals surface area contributed by atoms with E-state index in [9.17, 15) is 14.4 Å². The van der Waals surface area contributed by atoms with Gasteiger partial charge in [-0.3, -0.25) is 19.3 Å². The summed E-state index contributed by atoms with van der Waals surface area (Å²) in [5.74, 6) is -1.77. The highest BCUT2D eigenvalue weighted by molar-refractivity contribution is 6.11. The summed E-state index contributed by atoms with van der Waals surface area (Å²) in [6.07, 6.45) is 3.84. The molecule has 0 aliphatic carbocycles. The normalized spacial score (nSPS) is 27.6. The first kappa shape index (κ1) is 16.9. The Morgan fingerprint density at radius 2 is 1.61 bits per heavy atom. The summed E-state index contributed by atoms with van der Waals surface area (Å²) >= 11 is 0. The summed E-state index contributed by atoms with van der Waals surface area (Å²) in [7, 11) is 1.52. The van der Waals surface area contributed by atoms with Crippen molar-refractivity contribution in [3.8, 4) is 0 Å². The lowest BCUT2D eigenvalue weighted by Gasteiger charge is -2.35. The van der Waals surface area contributed by atoms with E-state index in [4.69, 9.17) is 0 Å². The van der Waals surface area contributed by atoms with Gasteiger partial charge in [-0.05, 0) is 24.1 Å². The van der Waals surface area contributed by atoms with E-state index in [-0.39, 0.29) is 23.6 Å². The molecule has 0 spiro atoms. The lowest BCUT2D eigenvalue weighted by Crippen LogP contribution is -2.43. The van der Waals surface area contributed by atoms with Gasteiger partial charge in [0.25, 0.3) is 0 Å². The van der Waals surface area contributed by atoms with Crippen molar-refractivity contribution in [2.45, 2.75) is 19.0 Å². The van der Waals surface area contributed by atoms with E-state index in [1.165, 1.54) is 11.9 Å². The molecule has 0 N–H and O–H groups in total. The molecule has 2 fully saturated rings. The number of ketones is 1. The first-order valence-corrected chi connectivity index (χ1v) is 9.46. The fraction of sp³-hybridized carbons (Fsp3) is 0.261. The van der Waals surface area contributed by atoms with Crippen LogP contribution in [0, 0.1) is 18.8 Å². The zero-order chi connectivity index (χ0) is 19.6. The predicted octanol–water partition coefficient (Wildman–Crippen LogP) is 2.82. The summed E-state index contributed by atoms with van der Waals surface area (Å²) < 4.78 is 0. The fourth-order valence-corrected chi connectivity index (χ4v) is 4.89. The molecule has 0 aromatic heterocycles. The monoisotopic (exact) mass is 372 g/mol. The Hall–Kier alpha value is -3.21. The largest absolute Gasteiger partial charge is 0.358 e. The SMILES string of the molecule is Cc1ccc(C(=O)C2C3C(=O)N(C)C(=O)C3C3c4ccccc4C=CN23)cc1. The second-order valence-corrected chi connectivity index (χ2v) is 7.80. The molecule has 2 saturated heterocycles. The van der Waals surface area contributed by atoms with Crippen molar-refractivity contribution in [1.29, 1.82) is 0 Å². The number of hydrogen-bond donors (Lipinski definition) is 0. The summed E-state index contributed by atoms with van der Waals surface area (Å²) in [6.45, 7) is 1.97. The number of likely N-dealkylation sites (tertiary alicyclic amines) is 1. The Balaban J connectivity index is 1.65. The topological polar surface area (TPSA) is 57.7 Å². The second-order valence-electron chi connectivity index (χ2n) is 7.80. The summed E-state index contributed by atoms with van der Waals surface area (Å²) in [4.78, 5) is 42.5. The van der Waals surface area contributed by atoms with Gasteiger partial charge in [0.2, 0.25) is 11.8 Å². The van der Waals surface area contributed by atoms with E-state index >= 15 is 0 Å². The average molecular weight is 372 g/mol. The number of nitrogens with zero attached hydrogens (tertiary/aromatic N) is 2. The molecular weight excluding hydrogens is 352 g/mol. The van der Waals surface area contributed by atoms with Crippen molar-refractivity contribution < 1.29 is 14.4 Å². The summed E-state index contributed by atoms with van der Waals surface area (Å²) in [5, 5.41) is 0. The lowest BCUT2D eigenvalue weighted by atomic mass is 9.83. The van der Waals surface area contributed by atoms with E-state index in [1.54, 1.807) is 12.1 Å². The molecule has 0 saturated carbocycles. The molecule has 0 bridgehead atoms.